The van der Waals surface area contributed by atoms with Gasteiger partial charge in [0.25, 0.3) is 0 Å². The highest BCUT2D eigenvalue weighted by Gasteiger charge is 2.01. The normalized spacial score (nSPS) is 11.4. The number of aliphatic imine (C=N–C) groups is 1. The molecule has 0 heterocycles. The van der Waals surface area contributed by atoms with Crippen LogP contribution in [-0.4, -0.2) is 38.0 Å². The summed E-state index contributed by atoms with van der Waals surface area (Å²) < 4.78 is 0. The number of hydrogen-bond acceptors (Lipinski definition) is 2. The third-order valence-corrected chi connectivity index (χ3v) is 2.96. The van der Waals surface area contributed by atoms with Crippen molar-refractivity contribution in [3.63, 3.8) is 0 Å². The van der Waals surface area contributed by atoms with Crippen molar-refractivity contribution in [3.8, 4) is 0 Å². The third kappa shape index (κ3) is 3.95. The first-order valence-corrected chi connectivity index (χ1v) is 6.39. The molecule has 0 radical (unpaired) electrons. The lowest BCUT2D eigenvalue weighted by Crippen LogP contribution is -2.37. The van der Waals surface area contributed by atoms with Crippen LogP contribution in [0.3, 0.4) is 0 Å². The Kier molecular flexibility index (Phi) is 5.49. The zero-order chi connectivity index (χ0) is 13.5. The molecule has 100 valence electrons. The van der Waals surface area contributed by atoms with Gasteiger partial charge in [0.05, 0.1) is 6.54 Å². The summed E-state index contributed by atoms with van der Waals surface area (Å²) in [6.07, 6.45) is 0. The Morgan fingerprint density at radius 1 is 1.11 bits per heavy atom. The van der Waals surface area contributed by atoms with Gasteiger partial charge >= 0.3 is 0 Å². The van der Waals surface area contributed by atoms with E-state index >= 15 is 0 Å². The maximum absolute atomic E-state index is 5.93. The second kappa shape index (κ2) is 6.89. The van der Waals surface area contributed by atoms with Crippen LogP contribution in [0.5, 0.6) is 0 Å². The van der Waals surface area contributed by atoms with Gasteiger partial charge in [0.15, 0.2) is 5.96 Å². The minimum Gasteiger partial charge on any atom is -0.378 e. The Bertz CT molecular complexity index is 377. The summed E-state index contributed by atoms with van der Waals surface area (Å²) in [5.74, 6) is 0.622. The van der Waals surface area contributed by atoms with Gasteiger partial charge in [-0.25, -0.2) is 4.99 Å². The second-order valence-electron chi connectivity index (χ2n) is 4.41. The van der Waals surface area contributed by atoms with Crippen LogP contribution < -0.4 is 10.6 Å². The molecule has 4 heteroatoms. The minimum atomic E-state index is 0.622. The molecular formula is C14H24N4. The zero-order valence-corrected chi connectivity index (χ0v) is 11.8. The van der Waals surface area contributed by atoms with Crippen LogP contribution in [0, 0.1) is 0 Å². The Labute approximate surface area is 110 Å². The average Bonchev–Trinajstić information content (AvgIpc) is 2.38. The van der Waals surface area contributed by atoms with Crippen LogP contribution in [0.15, 0.2) is 29.3 Å². The van der Waals surface area contributed by atoms with Crippen LogP contribution >= 0.6 is 0 Å². The van der Waals surface area contributed by atoms with E-state index in [1.807, 2.05) is 19.0 Å². The SMILES string of the molecule is CCN(CC)C(N)=NCc1ccc(N(C)C)cc1. The molecular weight excluding hydrogens is 224 g/mol. The van der Waals surface area contributed by atoms with Gasteiger partial charge in [-0.05, 0) is 31.5 Å². The molecule has 0 bridgehead atoms. The Morgan fingerprint density at radius 3 is 2.11 bits per heavy atom. The van der Waals surface area contributed by atoms with Crippen LogP contribution in [0.4, 0.5) is 5.69 Å². The Morgan fingerprint density at radius 2 is 1.67 bits per heavy atom. The molecule has 0 aliphatic rings. The number of benzene rings is 1. The molecule has 1 aromatic carbocycles. The van der Waals surface area contributed by atoms with E-state index in [0.29, 0.717) is 12.5 Å². The molecule has 0 saturated carbocycles. The van der Waals surface area contributed by atoms with E-state index in [9.17, 15) is 0 Å². The lowest BCUT2D eigenvalue weighted by Gasteiger charge is -2.19. The number of rotatable bonds is 5. The van der Waals surface area contributed by atoms with Crippen molar-refractivity contribution in [3.05, 3.63) is 29.8 Å². The molecule has 0 saturated heterocycles. The number of anilines is 1. The minimum absolute atomic E-state index is 0.622. The maximum Gasteiger partial charge on any atom is 0.191 e. The zero-order valence-electron chi connectivity index (χ0n) is 11.8. The fraction of sp³-hybridized carbons (Fsp3) is 0.500. The first-order chi connectivity index (χ1) is 8.58. The molecule has 18 heavy (non-hydrogen) atoms. The molecule has 1 aromatic rings. The van der Waals surface area contributed by atoms with E-state index in [2.05, 4.69) is 48.0 Å². The molecule has 4 nitrogen and oxygen atoms in total. The molecule has 2 N–H and O–H groups in total. The Hall–Kier alpha value is -1.71. The standard InChI is InChI=1S/C14H24N4/c1-5-18(6-2)14(15)16-11-12-7-9-13(10-8-12)17(3)4/h7-10H,5-6,11H2,1-4H3,(H2,15,16). The van der Waals surface area contributed by atoms with E-state index in [1.165, 1.54) is 11.3 Å². The first kappa shape index (κ1) is 14.4. The van der Waals surface area contributed by atoms with Gasteiger partial charge in [-0.3, -0.25) is 0 Å². The summed E-state index contributed by atoms with van der Waals surface area (Å²) in [6, 6.07) is 8.37. The van der Waals surface area contributed by atoms with Gasteiger partial charge in [-0.1, -0.05) is 12.1 Å². The number of nitrogens with two attached hydrogens (primary N) is 1. The van der Waals surface area contributed by atoms with Crippen molar-refractivity contribution < 1.29 is 0 Å². The van der Waals surface area contributed by atoms with Crippen LogP contribution in [0.1, 0.15) is 19.4 Å². The summed E-state index contributed by atoms with van der Waals surface area (Å²) in [7, 11) is 4.07. The molecule has 0 aliphatic carbocycles. The highest BCUT2D eigenvalue weighted by atomic mass is 15.2. The quantitative estimate of drug-likeness (QED) is 0.639. The van der Waals surface area contributed by atoms with Crippen LogP contribution in [0.25, 0.3) is 0 Å². The van der Waals surface area contributed by atoms with Gasteiger partial charge in [-0.2, -0.15) is 0 Å². The summed E-state index contributed by atoms with van der Waals surface area (Å²) >= 11 is 0. The summed E-state index contributed by atoms with van der Waals surface area (Å²) in [5.41, 5.74) is 8.30. The largest absolute Gasteiger partial charge is 0.378 e. The maximum atomic E-state index is 5.93. The first-order valence-electron chi connectivity index (χ1n) is 6.39. The van der Waals surface area contributed by atoms with Gasteiger partial charge in [0.1, 0.15) is 0 Å². The van der Waals surface area contributed by atoms with Crippen molar-refractivity contribution in [2.75, 3.05) is 32.1 Å². The topological polar surface area (TPSA) is 44.9 Å². The van der Waals surface area contributed by atoms with Crippen molar-refractivity contribution in [2.45, 2.75) is 20.4 Å². The molecule has 0 atom stereocenters. The Balaban J connectivity index is 2.65. The van der Waals surface area contributed by atoms with E-state index < -0.39 is 0 Å². The molecule has 0 aliphatic heterocycles. The van der Waals surface area contributed by atoms with Gasteiger partial charge in [0, 0.05) is 32.9 Å². The molecule has 0 unspecified atom stereocenters. The molecule has 0 aromatic heterocycles. The predicted molar refractivity (Wildman–Crippen MR) is 79.0 cm³/mol. The number of nitrogens with zero attached hydrogens (tertiary/aromatic N) is 3. The second-order valence-corrected chi connectivity index (χ2v) is 4.41. The fourth-order valence-corrected chi connectivity index (χ4v) is 1.72. The van der Waals surface area contributed by atoms with E-state index in [-0.39, 0.29) is 0 Å². The highest BCUT2D eigenvalue weighted by Crippen LogP contribution is 2.12. The number of guanidine groups is 1. The monoisotopic (exact) mass is 248 g/mol. The van der Waals surface area contributed by atoms with Gasteiger partial charge < -0.3 is 15.5 Å². The van der Waals surface area contributed by atoms with E-state index in [1.54, 1.807) is 0 Å². The van der Waals surface area contributed by atoms with Crippen molar-refractivity contribution in [1.82, 2.24) is 4.90 Å². The highest BCUT2D eigenvalue weighted by molar-refractivity contribution is 5.78. The van der Waals surface area contributed by atoms with Crippen molar-refractivity contribution in [1.29, 1.82) is 0 Å². The molecule has 1 rings (SSSR count). The summed E-state index contributed by atoms with van der Waals surface area (Å²) in [5, 5.41) is 0. The average molecular weight is 248 g/mol. The summed E-state index contributed by atoms with van der Waals surface area (Å²) in [6.45, 7) is 6.59. The summed E-state index contributed by atoms with van der Waals surface area (Å²) in [4.78, 5) is 8.55. The molecule has 0 spiro atoms. The predicted octanol–water partition coefficient (Wildman–Crippen LogP) is 1.91. The van der Waals surface area contributed by atoms with Crippen LogP contribution in [-0.2, 0) is 6.54 Å². The van der Waals surface area contributed by atoms with Gasteiger partial charge in [-0.15, -0.1) is 0 Å². The van der Waals surface area contributed by atoms with Crippen LogP contribution in [0.2, 0.25) is 0 Å². The molecule has 0 amide bonds. The lowest BCUT2D eigenvalue weighted by molar-refractivity contribution is 0.458. The van der Waals surface area contributed by atoms with Gasteiger partial charge in [0.2, 0.25) is 0 Å². The third-order valence-electron chi connectivity index (χ3n) is 2.96. The van der Waals surface area contributed by atoms with Crippen molar-refractivity contribution >= 4 is 11.6 Å². The molecule has 0 fully saturated rings. The van der Waals surface area contributed by atoms with Crippen molar-refractivity contribution in [2.24, 2.45) is 10.7 Å². The smallest absolute Gasteiger partial charge is 0.191 e. The fourth-order valence-electron chi connectivity index (χ4n) is 1.72. The number of hydrogen-bond donors (Lipinski definition) is 1. The van der Waals surface area contributed by atoms with E-state index in [0.717, 1.165) is 13.1 Å². The van der Waals surface area contributed by atoms with E-state index in [4.69, 9.17) is 5.73 Å². The lowest BCUT2D eigenvalue weighted by atomic mass is 10.2.